The first-order valence-electron chi connectivity index (χ1n) is 5.73. The molecule has 2 N–H and O–H groups in total. The van der Waals surface area contributed by atoms with Crippen LogP contribution < -0.4 is 5.32 Å². The average molecular weight is 321 g/mol. The third kappa shape index (κ3) is 3.39. The number of nitrogens with one attached hydrogen (secondary N) is 1. The Balaban J connectivity index is 2.21. The van der Waals surface area contributed by atoms with Gasteiger partial charge in [0.15, 0.2) is 0 Å². The van der Waals surface area contributed by atoms with Crippen LogP contribution in [0.1, 0.15) is 21.6 Å². The molecule has 0 saturated carbocycles. The van der Waals surface area contributed by atoms with Crippen molar-refractivity contribution in [2.45, 2.75) is 13.5 Å². The van der Waals surface area contributed by atoms with Crippen molar-refractivity contribution in [3.05, 3.63) is 57.8 Å². The quantitative estimate of drug-likeness (QED) is 0.914. The summed E-state index contributed by atoms with van der Waals surface area (Å²) in [5, 5.41) is 11.9. The number of hydrogen-bond acceptors (Lipinski definition) is 3. The minimum absolute atomic E-state index is 0.0559. The van der Waals surface area contributed by atoms with Crippen LogP contribution in [0, 0.1) is 6.92 Å². The summed E-state index contributed by atoms with van der Waals surface area (Å²) in [5.74, 6) is -0.273. The number of carbonyl (C=O) groups is 1. The molecule has 0 bridgehead atoms. The molecule has 1 aromatic heterocycles. The zero-order valence-corrected chi connectivity index (χ0v) is 11.9. The third-order valence-electron chi connectivity index (χ3n) is 2.69. The molecule has 0 aliphatic rings. The largest absolute Gasteiger partial charge is 0.392 e. The number of anilines is 1. The molecular weight excluding hydrogens is 308 g/mol. The molecule has 19 heavy (non-hydrogen) atoms. The normalized spacial score (nSPS) is 10.3. The minimum atomic E-state index is -0.273. The van der Waals surface area contributed by atoms with Gasteiger partial charge in [0.1, 0.15) is 5.69 Å². The predicted molar refractivity (Wildman–Crippen MR) is 77.0 cm³/mol. The highest BCUT2D eigenvalue weighted by molar-refractivity contribution is 9.10. The number of aryl methyl sites for hydroxylation is 1. The molecule has 2 aromatic rings. The van der Waals surface area contributed by atoms with Crippen LogP contribution >= 0.6 is 15.9 Å². The molecule has 0 atom stereocenters. The van der Waals surface area contributed by atoms with Gasteiger partial charge in [-0.05, 0) is 52.2 Å². The lowest BCUT2D eigenvalue weighted by molar-refractivity contribution is 0.102. The molecule has 4 nitrogen and oxygen atoms in total. The van der Waals surface area contributed by atoms with Gasteiger partial charge in [-0.1, -0.05) is 12.1 Å². The summed E-state index contributed by atoms with van der Waals surface area (Å²) in [6, 6.07) is 8.84. The maximum atomic E-state index is 12.0. The van der Waals surface area contributed by atoms with E-state index in [4.69, 9.17) is 5.11 Å². The molecule has 0 saturated heterocycles. The van der Waals surface area contributed by atoms with Gasteiger partial charge in [-0.25, -0.2) is 4.98 Å². The van der Waals surface area contributed by atoms with E-state index in [1.54, 1.807) is 24.4 Å². The van der Waals surface area contributed by atoms with E-state index in [0.29, 0.717) is 11.4 Å². The first-order chi connectivity index (χ1) is 9.10. The number of rotatable bonds is 3. The van der Waals surface area contributed by atoms with Gasteiger partial charge in [-0.15, -0.1) is 0 Å². The molecule has 0 aliphatic heterocycles. The molecule has 0 spiro atoms. The molecule has 0 unspecified atom stereocenters. The summed E-state index contributed by atoms with van der Waals surface area (Å²) in [4.78, 5) is 16.1. The molecule has 1 aromatic carbocycles. The number of pyridine rings is 1. The van der Waals surface area contributed by atoms with Crippen molar-refractivity contribution < 1.29 is 9.90 Å². The van der Waals surface area contributed by atoms with Crippen LogP contribution in [-0.4, -0.2) is 16.0 Å². The van der Waals surface area contributed by atoms with Crippen molar-refractivity contribution >= 4 is 27.5 Å². The number of carbonyl (C=O) groups excluding carboxylic acids is 1. The first-order valence-corrected chi connectivity index (χ1v) is 6.53. The smallest absolute Gasteiger partial charge is 0.274 e. The first kappa shape index (κ1) is 13.7. The fraction of sp³-hybridized carbons (Fsp3) is 0.143. The van der Waals surface area contributed by atoms with Crippen molar-refractivity contribution in [3.63, 3.8) is 0 Å². The van der Waals surface area contributed by atoms with Crippen molar-refractivity contribution in [2.75, 3.05) is 5.32 Å². The van der Waals surface area contributed by atoms with Crippen LogP contribution in [0.5, 0.6) is 0 Å². The Bertz CT molecular complexity index is 597. The van der Waals surface area contributed by atoms with E-state index in [-0.39, 0.29) is 12.5 Å². The molecule has 1 amide bonds. The standard InChI is InChI=1S/C14H13BrN2O2/c1-9-2-3-10(8-18)6-13(9)17-14(19)12-5-4-11(15)7-16-12/h2-7,18H,8H2,1H3,(H,17,19). The zero-order valence-electron chi connectivity index (χ0n) is 10.4. The van der Waals surface area contributed by atoms with Crippen molar-refractivity contribution in [3.8, 4) is 0 Å². The number of benzene rings is 1. The summed E-state index contributed by atoms with van der Waals surface area (Å²) in [6.45, 7) is 1.84. The number of hydrogen-bond donors (Lipinski definition) is 2. The van der Waals surface area contributed by atoms with E-state index in [0.717, 1.165) is 15.6 Å². The lowest BCUT2D eigenvalue weighted by Gasteiger charge is -2.09. The monoisotopic (exact) mass is 320 g/mol. The van der Waals surface area contributed by atoms with Crippen LogP contribution in [-0.2, 0) is 6.61 Å². The van der Waals surface area contributed by atoms with Crippen molar-refractivity contribution in [1.29, 1.82) is 0 Å². The average Bonchev–Trinajstić information content (AvgIpc) is 2.42. The molecule has 5 heteroatoms. The Morgan fingerprint density at radius 1 is 1.37 bits per heavy atom. The van der Waals surface area contributed by atoms with Gasteiger partial charge in [0.05, 0.1) is 6.61 Å². The van der Waals surface area contributed by atoms with E-state index >= 15 is 0 Å². The molecular formula is C14H13BrN2O2. The van der Waals surface area contributed by atoms with E-state index in [1.807, 2.05) is 19.1 Å². The molecule has 2 rings (SSSR count). The highest BCUT2D eigenvalue weighted by Gasteiger charge is 2.09. The summed E-state index contributed by atoms with van der Waals surface area (Å²) in [5.41, 5.74) is 2.71. The lowest BCUT2D eigenvalue weighted by Crippen LogP contribution is -2.14. The number of aromatic nitrogens is 1. The second-order valence-corrected chi connectivity index (χ2v) is 5.04. The zero-order chi connectivity index (χ0) is 13.8. The Kier molecular flexibility index (Phi) is 4.29. The van der Waals surface area contributed by atoms with E-state index in [9.17, 15) is 4.79 Å². The fourth-order valence-corrected chi connectivity index (χ4v) is 1.83. The van der Waals surface area contributed by atoms with Gasteiger partial charge >= 0.3 is 0 Å². The van der Waals surface area contributed by atoms with E-state index in [2.05, 4.69) is 26.2 Å². The van der Waals surface area contributed by atoms with Gasteiger partial charge in [-0.2, -0.15) is 0 Å². The van der Waals surface area contributed by atoms with Gasteiger partial charge in [0.2, 0.25) is 0 Å². The summed E-state index contributed by atoms with van der Waals surface area (Å²) in [7, 11) is 0. The van der Waals surface area contributed by atoms with E-state index in [1.165, 1.54) is 0 Å². The third-order valence-corrected chi connectivity index (χ3v) is 3.16. The highest BCUT2D eigenvalue weighted by Crippen LogP contribution is 2.18. The Morgan fingerprint density at radius 2 is 2.16 bits per heavy atom. The lowest BCUT2D eigenvalue weighted by atomic mass is 10.1. The number of halogens is 1. The van der Waals surface area contributed by atoms with Gasteiger partial charge < -0.3 is 10.4 Å². The number of aliphatic hydroxyl groups excluding tert-OH is 1. The van der Waals surface area contributed by atoms with Gasteiger partial charge in [-0.3, -0.25) is 4.79 Å². The predicted octanol–water partition coefficient (Wildman–Crippen LogP) is 2.90. The fourth-order valence-electron chi connectivity index (χ4n) is 1.60. The molecule has 0 fully saturated rings. The van der Waals surface area contributed by atoms with Crippen LogP contribution in [0.15, 0.2) is 41.0 Å². The Labute approximate surface area is 119 Å². The van der Waals surface area contributed by atoms with Crippen LogP contribution in [0.2, 0.25) is 0 Å². The summed E-state index contributed by atoms with van der Waals surface area (Å²) < 4.78 is 0.822. The summed E-state index contributed by atoms with van der Waals surface area (Å²) in [6.07, 6.45) is 1.58. The van der Waals surface area contributed by atoms with Crippen LogP contribution in [0.3, 0.4) is 0 Å². The molecule has 0 radical (unpaired) electrons. The topological polar surface area (TPSA) is 62.2 Å². The molecule has 98 valence electrons. The molecule has 1 heterocycles. The van der Waals surface area contributed by atoms with Gasteiger partial charge in [0, 0.05) is 16.4 Å². The Morgan fingerprint density at radius 3 is 2.79 bits per heavy atom. The minimum Gasteiger partial charge on any atom is -0.392 e. The molecule has 0 aliphatic carbocycles. The second-order valence-electron chi connectivity index (χ2n) is 4.12. The van der Waals surface area contributed by atoms with Crippen molar-refractivity contribution in [2.24, 2.45) is 0 Å². The van der Waals surface area contributed by atoms with Crippen LogP contribution in [0.25, 0.3) is 0 Å². The SMILES string of the molecule is Cc1ccc(CO)cc1NC(=O)c1ccc(Br)cn1. The number of nitrogens with zero attached hydrogens (tertiary/aromatic N) is 1. The highest BCUT2D eigenvalue weighted by atomic mass is 79.9. The van der Waals surface area contributed by atoms with Gasteiger partial charge in [0.25, 0.3) is 5.91 Å². The second kappa shape index (κ2) is 5.95. The number of amides is 1. The maximum absolute atomic E-state index is 12.0. The number of aliphatic hydroxyl groups is 1. The Hall–Kier alpha value is -1.72. The van der Waals surface area contributed by atoms with E-state index < -0.39 is 0 Å². The maximum Gasteiger partial charge on any atom is 0.274 e. The van der Waals surface area contributed by atoms with Crippen LogP contribution in [0.4, 0.5) is 5.69 Å². The van der Waals surface area contributed by atoms with Crippen molar-refractivity contribution in [1.82, 2.24) is 4.98 Å². The summed E-state index contributed by atoms with van der Waals surface area (Å²) >= 11 is 3.27.